The highest BCUT2D eigenvalue weighted by Gasteiger charge is 2.22. The molecule has 7 nitrogen and oxygen atoms in total. The van der Waals surface area contributed by atoms with Crippen LogP contribution >= 0.6 is 38.5 Å². The van der Waals surface area contributed by atoms with Crippen LogP contribution in [0.3, 0.4) is 0 Å². The molecule has 1 aliphatic carbocycles. The lowest BCUT2D eigenvalue weighted by Gasteiger charge is -2.22. The number of ether oxygens (including phenoxy) is 1. The van der Waals surface area contributed by atoms with Crippen molar-refractivity contribution in [1.82, 2.24) is 9.66 Å². The molecule has 0 atom stereocenters. The van der Waals surface area contributed by atoms with Crippen LogP contribution in [0, 0.1) is 3.57 Å². The van der Waals surface area contributed by atoms with E-state index in [-0.39, 0.29) is 11.5 Å². The highest BCUT2D eigenvalue weighted by atomic mass is 127. The van der Waals surface area contributed by atoms with E-state index in [9.17, 15) is 9.59 Å². The van der Waals surface area contributed by atoms with E-state index < -0.39 is 12.6 Å². The molecule has 0 radical (unpaired) electrons. The molecule has 0 saturated heterocycles. The molecule has 1 saturated carbocycles. The fourth-order valence-electron chi connectivity index (χ4n) is 3.88. The molecule has 1 N–H and O–H groups in total. The Bertz CT molecular complexity index is 1250. The van der Waals surface area contributed by atoms with E-state index in [0.717, 1.165) is 39.3 Å². The summed E-state index contributed by atoms with van der Waals surface area (Å²) < 4.78 is 8.28. The zero-order chi connectivity index (χ0) is 22.7. The van der Waals surface area contributed by atoms with Crippen molar-refractivity contribution in [2.45, 2.75) is 38.0 Å². The van der Waals surface area contributed by atoms with Crippen LogP contribution in [0.25, 0.3) is 10.9 Å². The van der Waals surface area contributed by atoms with Crippen molar-refractivity contribution >= 4 is 61.6 Å². The first-order valence-corrected chi connectivity index (χ1v) is 12.2. The van der Waals surface area contributed by atoms with Gasteiger partial charge in [-0.3, -0.25) is 4.79 Å². The number of benzene rings is 2. The highest BCUT2D eigenvalue weighted by Crippen LogP contribution is 2.32. The number of hydrogen-bond acceptors (Lipinski definition) is 5. The Balaban J connectivity index is 1.73. The molecule has 4 rings (SSSR count). The maximum absolute atomic E-state index is 13.3. The number of carbonyl (C=O) groups is 1. The number of hydrogen-bond donors (Lipinski definition) is 1. The summed E-state index contributed by atoms with van der Waals surface area (Å²) in [4.78, 5) is 28.9. The Labute approximate surface area is 206 Å². The fraction of sp³-hybridized carbons (Fsp3) is 0.304. The van der Waals surface area contributed by atoms with E-state index in [2.05, 4.69) is 43.6 Å². The molecule has 0 aliphatic heterocycles. The molecule has 166 valence electrons. The molecule has 2 aromatic carbocycles. The minimum atomic E-state index is -1.03. The average Bonchev–Trinajstić information content (AvgIpc) is 2.78. The molecule has 9 heteroatoms. The van der Waals surface area contributed by atoms with Crippen molar-refractivity contribution in [1.29, 1.82) is 0 Å². The highest BCUT2D eigenvalue weighted by molar-refractivity contribution is 14.1. The summed E-state index contributed by atoms with van der Waals surface area (Å²) in [6.45, 7) is -0.401. The van der Waals surface area contributed by atoms with Gasteiger partial charge < -0.3 is 9.84 Å². The van der Waals surface area contributed by atoms with E-state index >= 15 is 0 Å². The molecular weight excluding hydrogens is 589 g/mol. The van der Waals surface area contributed by atoms with Crippen LogP contribution in [0.4, 0.5) is 0 Å². The summed E-state index contributed by atoms with van der Waals surface area (Å²) in [5.74, 6) is 0.365. The molecule has 1 aromatic heterocycles. The summed E-state index contributed by atoms with van der Waals surface area (Å²) in [5.41, 5.74) is 1.26. The van der Waals surface area contributed by atoms with Crippen LogP contribution in [0.5, 0.6) is 5.75 Å². The second kappa shape index (κ2) is 10.1. The Morgan fingerprint density at radius 3 is 2.75 bits per heavy atom. The Kier molecular flexibility index (Phi) is 7.24. The Morgan fingerprint density at radius 2 is 2.03 bits per heavy atom. The lowest BCUT2D eigenvalue weighted by Crippen LogP contribution is -2.25. The second-order valence-corrected chi connectivity index (χ2v) is 9.78. The predicted octanol–water partition coefficient (Wildman–Crippen LogP) is 5.16. The SMILES string of the molecule is O=C(O)COc1ccc(C=Nn2c(C3CCCCC3)nc3ccc(Br)cc3c2=O)cc1I. The molecule has 32 heavy (non-hydrogen) atoms. The number of rotatable bonds is 6. The van der Waals surface area contributed by atoms with Crippen LogP contribution < -0.4 is 10.3 Å². The van der Waals surface area contributed by atoms with Crippen molar-refractivity contribution in [2.24, 2.45) is 5.10 Å². The lowest BCUT2D eigenvalue weighted by molar-refractivity contribution is -0.139. The van der Waals surface area contributed by atoms with Gasteiger partial charge in [0.05, 0.1) is 20.7 Å². The molecule has 1 heterocycles. The number of carboxylic acid groups (broad SMARTS) is 1. The van der Waals surface area contributed by atoms with Gasteiger partial charge >= 0.3 is 5.97 Å². The van der Waals surface area contributed by atoms with Gasteiger partial charge in [0.2, 0.25) is 0 Å². The number of nitrogens with zero attached hydrogens (tertiary/aromatic N) is 3. The van der Waals surface area contributed by atoms with Crippen molar-refractivity contribution in [3.63, 3.8) is 0 Å². The van der Waals surface area contributed by atoms with E-state index in [1.165, 1.54) is 11.1 Å². The molecular formula is C23H21BrIN3O4. The minimum absolute atomic E-state index is 0.191. The Morgan fingerprint density at radius 1 is 1.25 bits per heavy atom. The molecule has 1 aliphatic rings. The normalized spacial score (nSPS) is 14.8. The van der Waals surface area contributed by atoms with Crippen molar-refractivity contribution < 1.29 is 14.6 Å². The van der Waals surface area contributed by atoms with Crippen molar-refractivity contribution in [2.75, 3.05) is 6.61 Å². The quantitative estimate of drug-likeness (QED) is 0.308. The van der Waals surface area contributed by atoms with Crippen molar-refractivity contribution in [3.05, 3.63) is 66.2 Å². The van der Waals surface area contributed by atoms with Crippen LogP contribution in [0.15, 0.2) is 50.8 Å². The molecule has 0 spiro atoms. The summed E-state index contributed by atoms with van der Waals surface area (Å²) in [5, 5.41) is 13.8. The second-order valence-electron chi connectivity index (χ2n) is 7.70. The van der Waals surface area contributed by atoms with Gasteiger partial charge in [-0.1, -0.05) is 35.2 Å². The topological polar surface area (TPSA) is 93.8 Å². The summed E-state index contributed by atoms with van der Waals surface area (Å²) in [6, 6.07) is 10.8. The van der Waals surface area contributed by atoms with Crippen LogP contribution in [-0.4, -0.2) is 33.6 Å². The maximum Gasteiger partial charge on any atom is 0.341 e. The third-order valence-corrected chi connectivity index (χ3v) is 6.77. The summed E-state index contributed by atoms with van der Waals surface area (Å²) in [6.07, 6.45) is 7.08. The number of fused-ring (bicyclic) bond motifs is 1. The Hall–Kier alpha value is -2.27. The smallest absolute Gasteiger partial charge is 0.341 e. The minimum Gasteiger partial charge on any atom is -0.481 e. The first-order chi connectivity index (χ1) is 15.4. The monoisotopic (exact) mass is 609 g/mol. The molecule has 0 unspecified atom stereocenters. The fourth-order valence-corrected chi connectivity index (χ4v) is 4.94. The van der Waals surface area contributed by atoms with Gasteiger partial charge in [-0.15, -0.1) is 0 Å². The summed E-state index contributed by atoms with van der Waals surface area (Å²) in [7, 11) is 0. The molecule has 0 amide bonds. The van der Waals surface area contributed by atoms with Crippen LogP contribution in [-0.2, 0) is 4.79 Å². The number of carboxylic acids is 1. The van der Waals surface area contributed by atoms with Gasteiger partial charge in [0, 0.05) is 10.4 Å². The van der Waals surface area contributed by atoms with E-state index in [0.29, 0.717) is 22.5 Å². The van der Waals surface area contributed by atoms with Gasteiger partial charge in [0.15, 0.2) is 6.61 Å². The zero-order valence-corrected chi connectivity index (χ0v) is 20.9. The van der Waals surface area contributed by atoms with Crippen molar-refractivity contribution in [3.8, 4) is 5.75 Å². The molecule has 3 aromatic rings. The van der Waals surface area contributed by atoms with Gasteiger partial charge in [0.1, 0.15) is 11.6 Å². The average molecular weight is 610 g/mol. The molecule has 0 bridgehead atoms. The summed E-state index contributed by atoms with van der Waals surface area (Å²) >= 11 is 5.52. The van der Waals surface area contributed by atoms with E-state index in [1.807, 2.05) is 18.2 Å². The third kappa shape index (κ3) is 5.20. The van der Waals surface area contributed by atoms with Gasteiger partial charge in [0.25, 0.3) is 5.56 Å². The molecule has 1 fully saturated rings. The van der Waals surface area contributed by atoms with Gasteiger partial charge in [-0.05, 0) is 77.4 Å². The first kappa shape index (κ1) is 22.9. The van der Waals surface area contributed by atoms with E-state index in [4.69, 9.17) is 14.8 Å². The lowest BCUT2D eigenvalue weighted by atomic mass is 9.88. The largest absolute Gasteiger partial charge is 0.481 e. The zero-order valence-electron chi connectivity index (χ0n) is 17.1. The standard InChI is InChI=1S/C23H21BrIN3O4/c24-16-7-8-19-17(11-16)23(31)28(22(27-19)15-4-2-1-3-5-15)26-12-14-6-9-20(18(25)10-14)32-13-21(29)30/h6-12,15H,1-5,13H2,(H,29,30). The third-order valence-electron chi connectivity index (χ3n) is 5.43. The number of aliphatic carboxylic acids is 1. The van der Waals surface area contributed by atoms with Gasteiger partial charge in [-0.25, -0.2) is 9.78 Å². The number of halogens is 2. The van der Waals surface area contributed by atoms with E-state index in [1.54, 1.807) is 24.4 Å². The predicted molar refractivity (Wildman–Crippen MR) is 135 cm³/mol. The van der Waals surface area contributed by atoms with Gasteiger partial charge in [-0.2, -0.15) is 9.78 Å². The van der Waals surface area contributed by atoms with Crippen LogP contribution in [0.2, 0.25) is 0 Å². The first-order valence-electron chi connectivity index (χ1n) is 10.3. The maximum atomic E-state index is 13.3. The number of aromatic nitrogens is 2. The van der Waals surface area contributed by atoms with Crippen LogP contribution in [0.1, 0.15) is 49.4 Å².